The maximum absolute atomic E-state index is 11.7. The molecule has 0 saturated carbocycles. The number of nitro groups is 1. The molecule has 5 nitrogen and oxygen atoms in total. The Morgan fingerprint density at radius 3 is 2.75 bits per heavy atom. The van der Waals surface area contributed by atoms with Crippen LogP contribution in [-0.4, -0.2) is 14.9 Å². The molecule has 1 unspecified atom stereocenters. The SMILES string of the molecule is N#CCCCS(=O)c1ccccc1[N+](=O)[O-]. The van der Waals surface area contributed by atoms with E-state index in [1.165, 1.54) is 18.2 Å². The van der Waals surface area contributed by atoms with Crippen LogP contribution in [0.1, 0.15) is 12.8 Å². The molecule has 6 heteroatoms. The summed E-state index contributed by atoms with van der Waals surface area (Å²) < 4.78 is 11.7. The molecular weight excluding hydrogens is 228 g/mol. The van der Waals surface area contributed by atoms with Gasteiger partial charge in [0.25, 0.3) is 5.69 Å². The number of nitriles is 1. The maximum Gasteiger partial charge on any atom is 0.285 e. The minimum atomic E-state index is -1.41. The van der Waals surface area contributed by atoms with Crippen molar-refractivity contribution in [1.82, 2.24) is 0 Å². The molecule has 1 aromatic rings. The van der Waals surface area contributed by atoms with Crippen molar-refractivity contribution in [3.63, 3.8) is 0 Å². The first kappa shape index (κ1) is 12.3. The lowest BCUT2D eigenvalue weighted by Gasteiger charge is -2.01. The smallest absolute Gasteiger partial charge is 0.258 e. The fourth-order valence-corrected chi connectivity index (χ4v) is 2.43. The lowest BCUT2D eigenvalue weighted by Crippen LogP contribution is -2.02. The second-order valence-corrected chi connectivity index (χ2v) is 4.58. The van der Waals surface area contributed by atoms with E-state index in [9.17, 15) is 14.3 Å². The summed E-state index contributed by atoms with van der Waals surface area (Å²) in [5.41, 5.74) is -0.127. The van der Waals surface area contributed by atoms with Gasteiger partial charge in [0.05, 0.1) is 21.8 Å². The van der Waals surface area contributed by atoms with E-state index < -0.39 is 15.7 Å². The highest BCUT2D eigenvalue weighted by atomic mass is 32.2. The molecule has 0 spiro atoms. The van der Waals surface area contributed by atoms with Crippen LogP contribution >= 0.6 is 0 Å². The molecule has 0 saturated heterocycles. The molecule has 1 rings (SSSR count). The van der Waals surface area contributed by atoms with Crippen molar-refractivity contribution in [2.45, 2.75) is 17.7 Å². The molecule has 0 fully saturated rings. The molecule has 84 valence electrons. The van der Waals surface area contributed by atoms with Crippen LogP contribution in [-0.2, 0) is 10.8 Å². The van der Waals surface area contributed by atoms with Crippen molar-refractivity contribution < 1.29 is 9.13 Å². The van der Waals surface area contributed by atoms with Crippen LogP contribution in [0.25, 0.3) is 0 Å². The quantitative estimate of drug-likeness (QED) is 0.446. The summed E-state index contributed by atoms with van der Waals surface area (Å²) in [6.07, 6.45) is 0.793. The first-order valence-electron chi connectivity index (χ1n) is 4.65. The van der Waals surface area contributed by atoms with Crippen molar-refractivity contribution >= 4 is 16.5 Å². The number of hydrogen-bond acceptors (Lipinski definition) is 4. The molecule has 0 radical (unpaired) electrons. The predicted octanol–water partition coefficient (Wildman–Crippen LogP) is 2.01. The predicted molar refractivity (Wildman–Crippen MR) is 59.2 cm³/mol. The summed E-state index contributed by atoms with van der Waals surface area (Å²) in [4.78, 5) is 10.4. The Balaban J connectivity index is 2.83. The Labute approximate surface area is 95.3 Å². The standard InChI is InChI=1S/C10H10N2O3S/c11-7-3-4-8-16(15)10-6-2-1-5-9(10)12(13)14/h1-2,5-6H,3-4,8H2. The van der Waals surface area contributed by atoms with Crippen LogP contribution in [0.3, 0.4) is 0 Å². The van der Waals surface area contributed by atoms with Crippen LogP contribution in [0.15, 0.2) is 29.2 Å². The first-order valence-corrected chi connectivity index (χ1v) is 5.97. The molecule has 0 aliphatic rings. The second-order valence-electron chi connectivity index (χ2n) is 3.04. The summed E-state index contributed by atoms with van der Waals surface area (Å²) in [5, 5.41) is 19.0. The molecule has 16 heavy (non-hydrogen) atoms. The number of rotatable bonds is 5. The Morgan fingerprint density at radius 2 is 2.12 bits per heavy atom. The van der Waals surface area contributed by atoms with Gasteiger partial charge in [0.1, 0.15) is 4.90 Å². The number of nitro benzene ring substituents is 1. The number of nitrogens with zero attached hydrogens (tertiary/aromatic N) is 2. The van der Waals surface area contributed by atoms with Crippen LogP contribution in [0.4, 0.5) is 5.69 Å². The Bertz CT molecular complexity index is 454. The average Bonchev–Trinajstić information content (AvgIpc) is 2.29. The van der Waals surface area contributed by atoms with Gasteiger partial charge in [0.2, 0.25) is 0 Å². The highest BCUT2D eigenvalue weighted by Crippen LogP contribution is 2.21. The molecule has 0 bridgehead atoms. The summed E-state index contributed by atoms with van der Waals surface area (Å²) in [6, 6.07) is 7.91. The molecule has 1 aromatic carbocycles. The van der Waals surface area contributed by atoms with Crippen LogP contribution in [0.5, 0.6) is 0 Å². The van der Waals surface area contributed by atoms with Crippen LogP contribution < -0.4 is 0 Å². The van der Waals surface area contributed by atoms with Crippen molar-refractivity contribution in [3.05, 3.63) is 34.4 Å². The molecule has 1 atom stereocenters. The Morgan fingerprint density at radius 1 is 1.44 bits per heavy atom. The van der Waals surface area contributed by atoms with Crippen molar-refractivity contribution in [1.29, 1.82) is 5.26 Å². The van der Waals surface area contributed by atoms with Gasteiger partial charge < -0.3 is 0 Å². The fraction of sp³-hybridized carbons (Fsp3) is 0.300. The summed E-state index contributed by atoms with van der Waals surface area (Å²) in [5.74, 6) is 0.276. The molecule has 0 aliphatic carbocycles. The van der Waals surface area contributed by atoms with Gasteiger partial charge in [0, 0.05) is 18.2 Å². The van der Waals surface area contributed by atoms with E-state index >= 15 is 0 Å². The molecule has 0 amide bonds. The summed E-state index contributed by atoms with van der Waals surface area (Å²) in [7, 11) is -1.41. The molecule has 0 N–H and O–H groups in total. The van der Waals surface area contributed by atoms with Gasteiger partial charge >= 0.3 is 0 Å². The number of para-hydroxylation sites is 1. The van der Waals surface area contributed by atoms with Gasteiger partial charge in [-0.3, -0.25) is 14.3 Å². The zero-order valence-electron chi connectivity index (χ0n) is 8.46. The van der Waals surface area contributed by atoms with E-state index in [4.69, 9.17) is 5.26 Å². The van der Waals surface area contributed by atoms with Crippen molar-refractivity contribution in [3.8, 4) is 6.07 Å². The fourth-order valence-electron chi connectivity index (χ4n) is 1.19. The third-order valence-corrected chi connectivity index (χ3v) is 3.42. The zero-order chi connectivity index (χ0) is 12.0. The largest absolute Gasteiger partial charge is 0.285 e. The van der Waals surface area contributed by atoms with Gasteiger partial charge in [-0.15, -0.1) is 0 Å². The number of hydrogen-bond donors (Lipinski definition) is 0. The highest BCUT2D eigenvalue weighted by Gasteiger charge is 2.17. The second kappa shape index (κ2) is 5.98. The first-order chi connectivity index (χ1) is 7.66. The zero-order valence-corrected chi connectivity index (χ0v) is 9.27. The van der Waals surface area contributed by atoms with E-state index in [0.717, 1.165) is 0 Å². The van der Waals surface area contributed by atoms with E-state index in [2.05, 4.69) is 0 Å². The van der Waals surface area contributed by atoms with Crippen molar-refractivity contribution in [2.24, 2.45) is 0 Å². The summed E-state index contributed by atoms with van der Waals surface area (Å²) >= 11 is 0. The lowest BCUT2D eigenvalue weighted by molar-refractivity contribution is -0.387. The van der Waals surface area contributed by atoms with Crippen molar-refractivity contribution in [2.75, 3.05) is 5.75 Å². The molecular formula is C10H10N2O3S. The van der Waals surface area contributed by atoms with Gasteiger partial charge in [-0.05, 0) is 12.5 Å². The van der Waals surface area contributed by atoms with Gasteiger partial charge in [-0.1, -0.05) is 12.1 Å². The highest BCUT2D eigenvalue weighted by molar-refractivity contribution is 7.85. The van der Waals surface area contributed by atoms with Crippen LogP contribution in [0.2, 0.25) is 0 Å². The Hall–Kier alpha value is -1.74. The third kappa shape index (κ3) is 3.14. The summed E-state index contributed by atoms with van der Waals surface area (Å²) in [6.45, 7) is 0. The normalized spacial score (nSPS) is 11.7. The van der Waals surface area contributed by atoms with E-state index in [1.54, 1.807) is 6.07 Å². The number of benzene rings is 1. The molecule has 0 aromatic heterocycles. The van der Waals surface area contributed by atoms with E-state index in [1.807, 2.05) is 6.07 Å². The van der Waals surface area contributed by atoms with E-state index in [-0.39, 0.29) is 16.3 Å². The van der Waals surface area contributed by atoms with Crippen LogP contribution in [0, 0.1) is 21.4 Å². The minimum absolute atomic E-state index is 0.127. The molecule has 0 aliphatic heterocycles. The Kier molecular flexibility index (Phi) is 4.61. The number of unbranched alkanes of at least 4 members (excludes halogenated alkanes) is 1. The minimum Gasteiger partial charge on any atom is -0.258 e. The third-order valence-electron chi connectivity index (χ3n) is 1.93. The lowest BCUT2D eigenvalue weighted by atomic mass is 10.3. The monoisotopic (exact) mass is 238 g/mol. The van der Waals surface area contributed by atoms with E-state index in [0.29, 0.717) is 12.8 Å². The molecule has 0 heterocycles. The maximum atomic E-state index is 11.7. The van der Waals surface area contributed by atoms with Gasteiger partial charge in [0.15, 0.2) is 0 Å². The van der Waals surface area contributed by atoms with Gasteiger partial charge in [-0.2, -0.15) is 5.26 Å². The average molecular weight is 238 g/mol. The van der Waals surface area contributed by atoms with Gasteiger partial charge in [-0.25, -0.2) is 0 Å². The topological polar surface area (TPSA) is 84.0 Å².